The molecule has 1 fully saturated rings. The topological polar surface area (TPSA) is 112 Å². The molecule has 0 bridgehead atoms. The molecule has 256 valence electrons. The lowest BCUT2D eigenvalue weighted by Crippen LogP contribution is -2.50. The number of rotatable bonds is 14. The van der Waals surface area contributed by atoms with Crippen LogP contribution in [0, 0.1) is 0 Å². The first-order chi connectivity index (χ1) is 24.7. The Balaban J connectivity index is 1.15. The molecular weight excluding hydrogens is 628 g/mol. The van der Waals surface area contributed by atoms with E-state index in [0.29, 0.717) is 13.1 Å². The van der Waals surface area contributed by atoms with E-state index in [1.54, 1.807) is 14.2 Å². The zero-order valence-corrected chi connectivity index (χ0v) is 28.5. The molecule has 0 radical (unpaired) electrons. The third-order valence-electron chi connectivity index (χ3n) is 9.46. The lowest BCUT2D eigenvalue weighted by atomic mass is 10.0. The summed E-state index contributed by atoms with van der Waals surface area (Å²) in [6.07, 6.45) is 1.68. The monoisotopic (exact) mass is 670 g/mol. The molecule has 0 N–H and O–H groups in total. The van der Waals surface area contributed by atoms with Gasteiger partial charge < -0.3 is 9.47 Å². The third kappa shape index (κ3) is 7.56. The summed E-state index contributed by atoms with van der Waals surface area (Å²) in [5.74, 6) is 3.29. The Morgan fingerprint density at radius 1 is 0.520 bits per heavy atom. The molecule has 4 aromatic carbocycles. The Bertz CT molecular complexity index is 1760. The average molecular weight is 671 g/mol. The van der Waals surface area contributed by atoms with E-state index in [4.69, 9.17) is 9.47 Å². The first-order valence-corrected chi connectivity index (χ1v) is 17.1. The van der Waals surface area contributed by atoms with Gasteiger partial charge >= 0.3 is 0 Å². The number of benzene rings is 4. The summed E-state index contributed by atoms with van der Waals surface area (Å²) >= 11 is 0. The normalized spacial score (nSPS) is 15.1. The van der Waals surface area contributed by atoms with Gasteiger partial charge in [-0.15, -0.1) is 10.2 Å². The molecule has 12 nitrogen and oxygen atoms in total. The number of ether oxygens (including phenoxy) is 2. The third-order valence-corrected chi connectivity index (χ3v) is 9.46. The fourth-order valence-corrected chi connectivity index (χ4v) is 6.77. The molecule has 50 heavy (non-hydrogen) atoms. The second-order valence-corrected chi connectivity index (χ2v) is 12.4. The van der Waals surface area contributed by atoms with E-state index in [1.807, 2.05) is 45.8 Å². The predicted molar refractivity (Wildman–Crippen MR) is 189 cm³/mol. The van der Waals surface area contributed by atoms with E-state index in [1.165, 1.54) is 11.1 Å². The molecular formula is C38H42N10O2. The van der Waals surface area contributed by atoms with E-state index in [-0.39, 0.29) is 12.1 Å². The van der Waals surface area contributed by atoms with Gasteiger partial charge in [0.15, 0.2) is 11.6 Å². The second-order valence-electron chi connectivity index (χ2n) is 12.4. The lowest BCUT2D eigenvalue weighted by molar-refractivity contribution is 0.0822. The molecule has 2 atom stereocenters. The van der Waals surface area contributed by atoms with Gasteiger partial charge in [0.1, 0.15) is 11.5 Å². The van der Waals surface area contributed by atoms with Crippen molar-refractivity contribution in [1.82, 2.24) is 50.2 Å². The highest BCUT2D eigenvalue weighted by Gasteiger charge is 2.35. The van der Waals surface area contributed by atoms with Crippen molar-refractivity contribution < 1.29 is 9.47 Å². The summed E-state index contributed by atoms with van der Waals surface area (Å²) < 4.78 is 14.9. The SMILES string of the molecule is COc1ccc([C@@H](c2nnnn2CCc2ccccc2)N2CCN([C@@H](c3ccc(OC)cc3)c3nnnn3CCc3ccccc3)CC2)cc1. The number of aryl methyl sites for hydroxylation is 4. The van der Waals surface area contributed by atoms with Crippen molar-refractivity contribution in [2.24, 2.45) is 0 Å². The molecule has 7 rings (SSSR count). The van der Waals surface area contributed by atoms with E-state index in [9.17, 15) is 0 Å². The van der Waals surface area contributed by atoms with Gasteiger partial charge in [-0.25, -0.2) is 9.36 Å². The number of hydrogen-bond acceptors (Lipinski definition) is 10. The quantitative estimate of drug-likeness (QED) is 0.162. The minimum atomic E-state index is -0.135. The fraction of sp³-hybridized carbons (Fsp3) is 0.316. The fourth-order valence-electron chi connectivity index (χ4n) is 6.77. The molecule has 0 spiro atoms. The van der Waals surface area contributed by atoms with Gasteiger partial charge in [-0.1, -0.05) is 84.9 Å². The molecule has 3 heterocycles. The smallest absolute Gasteiger partial charge is 0.173 e. The van der Waals surface area contributed by atoms with Crippen LogP contribution in [-0.4, -0.2) is 90.6 Å². The van der Waals surface area contributed by atoms with Crippen molar-refractivity contribution in [3.05, 3.63) is 143 Å². The molecule has 12 heteroatoms. The van der Waals surface area contributed by atoms with Crippen molar-refractivity contribution in [3.8, 4) is 11.5 Å². The van der Waals surface area contributed by atoms with Crippen molar-refractivity contribution in [1.29, 1.82) is 0 Å². The number of piperazine rings is 1. The highest BCUT2D eigenvalue weighted by atomic mass is 16.5. The number of aromatic nitrogens is 8. The maximum atomic E-state index is 5.49. The largest absolute Gasteiger partial charge is 0.497 e. The Labute approximate surface area is 292 Å². The Hall–Kier alpha value is -5.46. The van der Waals surface area contributed by atoms with Crippen LogP contribution in [0.5, 0.6) is 11.5 Å². The summed E-state index contributed by atoms with van der Waals surface area (Å²) in [5, 5.41) is 26.4. The van der Waals surface area contributed by atoms with Gasteiger partial charge in [0.05, 0.1) is 26.3 Å². The number of tetrazole rings is 2. The van der Waals surface area contributed by atoms with Gasteiger partial charge in [-0.05, 0) is 80.2 Å². The van der Waals surface area contributed by atoms with Crippen LogP contribution in [-0.2, 0) is 25.9 Å². The standard InChI is InChI=1S/C38H42N10O2/c1-49-33-17-13-31(14-18-33)35(37-39-41-43-47(37)23-21-29-9-5-3-6-10-29)45-25-27-46(28-26-45)36(32-15-19-34(50-2)20-16-32)38-40-42-44-48(38)24-22-30-11-7-4-8-12-30/h3-20,35-36H,21-28H2,1-2H3/t35-,36-/m0/s1. The van der Waals surface area contributed by atoms with Crippen molar-refractivity contribution in [2.45, 2.75) is 38.0 Å². The van der Waals surface area contributed by atoms with Gasteiger partial charge in [-0.3, -0.25) is 9.80 Å². The van der Waals surface area contributed by atoms with Crippen LogP contribution in [0.15, 0.2) is 109 Å². The van der Waals surface area contributed by atoms with Crippen LogP contribution in [0.2, 0.25) is 0 Å². The predicted octanol–water partition coefficient (Wildman–Crippen LogP) is 4.66. The van der Waals surface area contributed by atoms with Gasteiger partial charge in [0, 0.05) is 39.3 Å². The highest BCUT2D eigenvalue weighted by Crippen LogP contribution is 2.34. The minimum absolute atomic E-state index is 0.135. The zero-order chi connectivity index (χ0) is 34.1. The Morgan fingerprint density at radius 3 is 1.26 bits per heavy atom. The number of hydrogen-bond donors (Lipinski definition) is 0. The summed E-state index contributed by atoms with van der Waals surface area (Å²) in [7, 11) is 3.38. The molecule has 1 saturated heterocycles. The van der Waals surface area contributed by atoms with E-state index in [2.05, 4.69) is 114 Å². The van der Waals surface area contributed by atoms with Crippen LogP contribution in [0.25, 0.3) is 0 Å². The molecule has 6 aromatic rings. The first-order valence-electron chi connectivity index (χ1n) is 17.1. The van der Waals surface area contributed by atoms with Crippen LogP contribution < -0.4 is 9.47 Å². The molecule has 1 aliphatic heterocycles. The van der Waals surface area contributed by atoms with E-state index < -0.39 is 0 Å². The maximum absolute atomic E-state index is 5.49. The molecule has 2 aromatic heterocycles. The van der Waals surface area contributed by atoms with Gasteiger partial charge in [-0.2, -0.15) is 0 Å². The molecule has 1 aliphatic rings. The van der Waals surface area contributed by atoms with Crippen LogP contribution in [0.1, 0.15) is 46.0 Å². The molecule has 0 amide bonds. The van der Waals surface area contributed by atoms with E-state index in [0.717, 1.165) is 73.3 Å². The second kappa shape index (κ2) is 15.8. The minimum Gasteiger partial charge on any atom is -0.497 e. The van der Waals surface area contributed by atoms with Gasteiger partial charge in [0.2, 0.25) is 0 Å². The number of methoxy groups -OCH3 is 2. The van der Waals surface area contributed by atoms with Crippen LogP contribution >= 0.6 is 0 Å². The lowest BCUT2D eigenvalue weighted by Gasteiger charge is -2.41. The zero-order valence-electron chi connectivity index (χ0n) is 28.5. The van der Waals surface area contributed by atoms with Crippen molar-refractivity contribution >= 4 is 0 Å². The molecule has 0 unspecified atom stereocenters. The maximum Gasteiger partial charge on any atom is 0.173 e. The van der Waals surface area contributed by atoms with Crippen molar-refractivity contribution in [3.63, 3.8) is 0 Å². The van der Waals surface area contributed by atoms with E-state index >= 15 is 0 Å². The Morgan fingerprint density at radius 2 is 0.900 bits per heavy atom. The average Bonchev–Trinajstić information content (AvgIpc) is 3.85. The highest BCUT2D eigenvalue weighted by molar-refractivity contribution is 5.34. The molecule has 0 aliphatic carbocycles. The summed E-state index contributed by atoms with van der Waals surface area (Å²) in [5.41, 5.74) is 4.73. The summed E-state index contributed by atoms with van der Waals surface area (Å²) in [6.45, 7) is 4.54. The summed E-state index contributed by atoms with van der Waals surface area (Å²) in [6, 6.07) is 37.1. The molecule has 0 saturated carbocycles. The number of nitrogens with zero attached hydrogens (tertiary/aromatic N) is 10. The summed E-state index contributed by atoms with van der Waals surface area (Å²) in [4.78, 5) is 4.96. The van der Waals surface area contributed by atoms with Crippen LogP contribution in [0.4, 0.5) is 0 Å². The van der Waals surface area contributed by atoms with Crippen molar-refractivity contribution in [2.75, 3.05) is 40.4 Å². The first kappa shape index (κ1) is 33.1. The van der Waals surface area contributed by atoms with Crippen LogP contribution in [0.3, 0.4) is 0 Å². The Kier molecular flexibility index (Phi) is 10.5. The van der Waals surface area contributed by atoms with Gasteiger partial charge in [0.25, 0.3) is 0 Å².